The Morgan fingerprint density at radius 3 is 2.89 bits per heavy atom. The number of benzene rings is 1. The number of halogens is 1. The van der Waals surface area contributed by atoms with Crippen molar-refractivity contribution >= 4 is 11.6 Å². The number of ether oxygens (including phenoxy) is 2. The highest BCUT2D eigenvalue weighted by Gasteiger charge is 2.21. The number of nitriles is 1. The number of methoxy groups -OCH3 is 1. The molecule has 0 aliphatic heterocycles. The lowest BCUT2D eigenvalue weighted by Gasteiger charge is -2.14. The Morgan fingerprint density at radius 1 is 1.50 bits per heavy atom. The molecule has 1 aliphatic rings. The second-order valence-electron chi connectivity index (χ2n) is 4.20. The van der Waals surface area contributed by atoms with Crippen LogP contribution in [0.4, 0.5) is 0 Å². The molecule has 96 valence electrons. The third-order valence-electron chi connectivity index (χ3n) is 2.76. The lowest BCUT2D eigenvalue weighted by Crippen LogP contribution is -2.16. The zero-order valence-corrected chi connectivity index (χ0v) is 11.0. The van der Waals surface area contributed by atoms with Crippen LogP contribution in [0, 0.1) is 11.3 Å². The van der Waals surface area contributed by atoms with Crippen LogP contribution in [0.1, 0.15) is 18.4 Å². The maximum absolute atomic E-state index is 8.61. The summed E-state index contributed by atoms with van der Waals surface area (Å²) in [6.45, 7) is 0.663. The van der Waals surface area contributed by atoms with Crippen LogP contribution in [0.25, 0.3) is 0 Å². The van der Waals surface area contributed by atoms with Crippen LogP contribution in [-0.2, 0) is 6.54 Å². The quantitative estimate of drug-likeness (QED) is 0.860. The van der Waals surface area contributed by atoms with Crippen molar-refractivity contribution in [1.82, 2.24) is 5.32 Å². The lowest BCUT2D eigenvalue weighted by atomic mass is 10.2. The fraction of sp³-hybridized carbons (Fsp3) is 0.462. The van der Waals surface area contributed by atoms with E-state index in [1.165, 1.54) is 12.8 Å². The molecule has 1 aromatic rings. The van der Waals surface area contributed by atoms with Crippen molar-refractivity contribution in [2.45, 2.75) is 25.4 Å². The Labute approximate surface area is 111 Å². The Bertz CT molecular complexity index is 467. The first-order chi connectivity index (χ1) is 8.74. The van der Waals surface area contributed by atoms with Gasteiger partial charge in [0.25, 0.3) is 0 Å². The topological polar surface area (TPSA) is 54.3 Å². The Kier molecular flexibility index (Phi) is 4.29. The molecular weight excluding hydrogens is 252 g/mol. The van der Waals surface area contributed by atoms with Crippen molar-refractivity contribution in [2.75, 3.05) is 13.7 Å². The van der Waals surface area contributed by atoms with Gasteiger partial charge in [-0.05, 0) is 18.9 Å². The Hall–Kier alpha value is -1.44. The second-order valence-corrected chi connectivity index (χ2v) is 4.63. The Balaban J connectivity index is 2.21. The van der Waals surface area contributed by atoms with Crippen molar-refractivity contribution < 1.29 is 9.47 Å². The van der Waals surface area contributed by atoms with Crippen molar-refractivity contribution in [3.05, 3.63) is 22.7 Å². The summed E-state index contributed by atoms with van der Waals surface area (Å²) in [5.41, 5.74) is 0.918. The molecule has 1 fully saturated rings. The molecule has 2 rings (SSSR count). The maximum Gasteiger partial charge on any atom is 0.174 e. The average molecular weight is 267 g/mol. The molecule has 18 heavy (non-hydrogen) atoms. The first-order valence-electron chi connectivity index (χ1n) is 5.84. The molecule has 0 bridgehead atoms. The van der Waals surface area contributed by atoms with Crippen molar-refractivity contribution in [1.29, 1.82) is 5.26 Å². The van der Waals surface area contributed by atoms with Crippen LogP contribution in [-0.4, -0.2) is 19.8 Å². The number of hydrogen-bond donors (Lipinski definition) is 1. The minimum Gasteiger partial charge on any atom is -0.493 e. The summed E-state index contributed by atoms with van der Waals surface area (Å²) in [4.78, 5) is 0. The van der Waals surface area contributed by atoms with E-state index < -0.39 is 0 Å². The first kappa shape index (κ1) is 13.0. The van der Waals surface area contributed by atoms with E-state index in [4.69, 9.17) is 26.3 Å². The summed E-state index contributed by atoms with van der Waals surface area (Å²) in [5.74, 6) is 1.15. The number of rotatable bonds is 6. The van der Waals surface area contributed by atoms with E-state index in [9.17, 15) is 0 Å². The SMILES string of the molecule is COc1cc(Cl)cc(CNC2CC2)c1OCC#N. The molecule has 0 aromatic heterocycles. The van der Waals surface area contributed by atoms with Gasteiger partial charge in [-0.1, -0.05) is 11.6 Å². The molecule has 4 nitrogen and oxygen atoms in total. The summed E-state index contributed by atoms with van der Waals surface area (Å²) < 4.78 is 10.7. The Morgan fingerprint density at radius 2 is 2.28 bits per heavy atom. The van der Waals surface area contributed by atoms with Gasteiger partial charge in [-0.25, -0.2) is 0 Å². The van der Waals surface area contributed by atoms with E-state index in [0.717, 1.165) is 5.56 Å². The first-order valence-corrected chi connectivity index (χ1v) is 6.22. The fourth-order valence-corrected chi connectivity index (χ4v) is 1.95. The second kappa shape index (κ2) is 5.94. The van der Waals surface area contributed by atoms with Gasteiger partial charge in [-0.2, -0.15) is 5.26 Å². The summed E-state index contributed by atoms with van der Waals surface area (Å²) >= 11 is 6.04. The normalized spacial score (nSPS) is 14.1. The van der Waals surface area contributed by atoms with Gasteiger partial charge in [0, 0.05) is 29.2 Å². The van der Waals surface area contributed by atoms with Crippen LogP contribution >= 0.6 is 11.6 Å². The lowest BCUT2D eigenvalue weighted by molar-refractivity contribution is 0.325. The van der Waals surface area contributed by atoms with Crippen molar-refractivity contribution in [3.8, 4) is 17.6 Å². The average Bonchev–Trinajstić information content (AvgIpc) is 3.18. The molecule has 0 saturated heterocycles. The zero-order chi connectivity index (χ0) is 13.0. The molecular formula is C13H15ClN2O2. The number of hydrogen-bond acceptors (Lipinski definition) is 4. The van der Waals surface area contributed by atoms with Crippen molar-refractivity contribution in [2.24, 2.45) is 0 Å². The highest BCUT2D eigenvalue weighted by atomic mass is 35.5. The summed E-state index contributed by atoms with van der Waals surface area (Å²) in [7, 11) is 1.56. The predicted octanol–water partition coefficient (Wildman–Crippen LogP) is 2.50. The third-order valence-corrected chi connectivity index (χ3v) is 2.97. The number of nitrogens with one attached hydrogen (secondary N) is 1. The van der Waals surface area contributed by atoms with E-state index in [0.29, 0.717) is 29.1 Å². The van der Waals surface area contributed by atoms with Gasteiger partial charge < -0.3 is 14.8 Å². The third kappa shape index (κ3) is 3.28. The van der Waals surface area contributed by atoms with Gasteiger partial charge in [0.05, 0.1) is 7.11 Å². The zero-order valence-electron chi connectivity index (χ0n) is 10.2. The number of nitrogens with zero attached hydrogens (tertiary/aromatic N) is 1. The van der Waals surface area contributed by atoms with Crippen LogP contribution < -0.4 is 14.8 Å². The highest BCUT2D eigenvalue weighted by molar-refractivity contribution is 6.30. The molecule has 0 heterocycles. The summed E-state index contributed by atoms with van der Waals surface area (Å²) in [5, 5.41) is 12.6. The monoisotopic (exact) mass is 266 g/mol. The minimum atomic E-state index is -0.00553. The molecule has 0 radical (unpaired) electrons. The van der Waals surface area contributed by atoms with Crippen LogP contribution in [0.2, 0.25) is 5.02 Å². The molecule has 0 unspecified atom stereocenters. The maximum atomic E-state index is 8.61. The molecule has 0 atom stereocenters. The molecule has 1 aliphatic carbocycles. The highest BCUT2D eigenvalue weighted by Crippen LogP contribution is 2.35. The van der Waals surface area contributed by atoms with Gasteiger partial charge in [-0.15, -0.1) is 0 Å². The molecule has 1 saturated carbocycles. The van der Waals surface area contributed by atoms with Crippen LogP contribution in [0.3, 0.4) is 0 Å². The van der Waals surface area contributed by atoms with Crippen LogP contribution in [0.15, 0.2) is 12.1 Å². The molecule has 1 N–H and O–H groups in total. The fourth-order valence-electron chi connectivity index (χ4n) is 1.72. The summed E-state index contributed by atoms with van der Waals surface area (Å²) in [6, 6.07) is 6.08. The molecule has 0 amide bonds. The molecule has 5 heteroatoms. The van der Waals surface area contributed by atoms with Gasteiger partial charge in [-0.3, -0.25) is 0 Å². The molecule has 0 spiro atoms. The van der Waals surface area contributed by atoms with E-state index >= 15 is 0 Å². The minimum absolute atomic E-state index is 0.00553. The van der Waals surface area contributed by atoms with Crippen molar-refractivity contribution in [3.63, 3.8) is 0 Å². The van der Waals surface area contributed by atoms with E-state index in [1.54, 1.807) is 13.2 Å². The molecule has 1 aromatic carbocycles. The predicted molar refractivity (Wildman–Crippen MR) is 69.0 cm³/mol. The van der Waals surface area contributed by atoms with Gasteiger partial charge in [0.1, 0.15) is 6.07 Å². The largest absolute Gasteiger partial charge is 0.493 e. The standard InChI is InChI=1S/C13H15ClN2O2/c1-17-12-7-10(14)6-9(8-16-11-2-3-11)13(12)18-5-4-15/h6-7,11,16H,2-3,5,8H2,1H3. The van der Waals surface area contributed by atoms with Gasteiger partial charge in [0.2, 0.25) is 0 Å². The van der Waals surface area contributed by atoms with E-state index in [1.807, 2.05) is 12.1 Å². The van der Waals surface area contributed by atoms with E-state index in [2.05, 4.69) is 5.32 Å². The smallest absolute Gasteiger partial charge is 0.174 e. The van der Waals surface area contributed by atoms with Crippen LogP contribution in [0.5, 0.6) is 11.5 Å². The van der Waals surface area contributed by atoms with Gasteiger partial charge >= 0.3 is 0 Å². The summed E-state index contributed by atoms with van der Waals surface area (Å²) in [6.07, 6.45) is 2.43. The van der Waals surface area contributed by atoms with Gasteiger partial charge in [0.15, 0.2) is 18.1 Å². The van der Waals surface area contributed by atoms with E-state index in [-0.39, 0.29) is 6.61 Å².